The number of ketones is 1. The summed E-state index contributed by atoms with van der Waals surface area (Å²) in [5.74, 6) is -0.121. The Morgan fingerprint density at radius 3 is 2.70 bits per heavy atom. The maximum absolute atomic E-state index is 12.9. The predicted molar refractivity (Wildman–Crippen MR) is 95.9 cm³/mol. The summed E-state index contributed by atoms with van der Waals surface area (Å²) in [5.41, 5.74) is 1.84. The van der Waals surface area contributed by atoms with Crippen molar-refractivity contribution in [2.45, 2.75) is 18.9 Å². The minimum absolute atomic E-state index is 0.121. The standard InChI is InChI=1S/C18H18Cl2N2O/c19-12-7-8-17(22-13-4-3-9-21-11-13)15(10-12)18(23)14-5-1-2-6-16(14)20/h1-2,5-8,10,13,21-22H,3-4,9,11H2. The van der Waals surface area contributed by atoms with Gasteiger partial charge in [0.25, 0.3) is 0 Å². The molecule has 0 aromatic heterocycles. The van der Waals surface area contributed by atoms with E-state index in [1.165, 1.54) is 0 Å². The van der Waals surface area contributed by atoms with Crippen LogP contribution in [0.25, 0.3) is 0 Å². The summed E-state index contributed by atoms with van der Waals surface area (Å²) < 4.78 is 0. The Morgan fingerprint density at radius 1 is 1.13 bits per heavy atom. The van der Waals surface area contributed by atoms with Gasteiger partial charge in [0.1, 0.15) is 0 Å². The number of carbonyl (C=O) groups is 1. The van der Waals surface area contributed by atoms with Crippen molar-refractivity contribution in [2.75, 3.05) is 18.4 Å². The van der Waals surface area contributed by atoms with Crippen LogP contribution in [0.4, 0.5) is 5.69 Å². The molecule has 23 heavy (non-hydrogen) atoms. The van der Waals surface area contributed by atoms with Crippen molar-refractivity contribution in [1.29, 1.82) is 0 Å². The Balaban J connectivity index is 1.92. The van der Waals surface area contributed by atoms with E-state index >= 15 is 0 Å². The van der Waals surface area contributed by atoms with Crippen LogP contribution in [-0.4, -0.2) is 24.9 Å². The second-order valence-electron chi connectivity index (χ2n) is 5.69. The van der Waals surface area contributed by atoms with Crippen molar-refractivity contribution in [1.82, 2.24) is 5.32 Å². The lowest BCUT2D eigenvalue weighted by Gasteiger charge is -2.26. The molecule has 5 heteroatoms. The van der Waals surface area contributed by atoms with E-state index in [2.05, 4.69) is 10.6 Å². The highest BCUT2D eigenvalue weighted by Crippen LogP contribution is 2.27. The molecule has 0 bridgehead atoms. The summed E-state index contributed by atoms with van der Waals surface area (Å²) in [6.45, 7) is 1.94. The Morgan fingerprint density at radius 2 is 1.96 bits per heavy atom. The van der Waals surface area contributed by atoms with Crippen LogP contribution in [-0.2, 0) is 0 Å². The molecule has 2 aromatic carbocycles. The van der Waals surface area contributed by atoms with E-state index in [4.69, 9.17) is 23.2 Å². The predicted octanol–water partition coefficient (Wildman–Crippen LogP) is 4.39. The smallest absolute Gasteiger partial charge is 0.196 e. The minimum Gasteiger partial charge on any atom is -0.380 e. The van der Waals surface area contributed by atoms with Gasteiger partial charge in [-0.25, -0.2) is 0 Å². The fourth-order valence-electron chi connectivity index (χ4n) is 2.82. The summed E-state index contributed by atoms with van der Waals surface area (Å²) in [5, 5.41) is 7.81. The molecule has 1 aliphatic heterocycles. The molecule has 120 valence electrons. The van der Waals surface area contributed by atoms with Crippen LogP contribution in [0.5, 0.6) is 0 Å². The zero-order valence-corrected chi connectivity index (χ0v) is 14.1. The van der Waals surface area contributed by atoms with Crippen molar-refractivity contribution >= 4 is 34.7 Å². The van der Waals surface area contributed by atoms with Gasteiger partial charge in [-0.15, -0.1) is 0 Å². The molecule has 1 heterocycles. The van der Waals surface area contributed by atoms with Crippen LogP contribution in [0.1, 0.15) is 28.8 Å². The molecule has 3 nitrogen and oxygen atoms in total. The number of rotatable bonds is 4. The van der Waals surface area contributed by atoms with Gasteiger partial charge in [0.05, 0.1) is 5.02 Å². The maximum Gasteiger partial charge on any atom is 0.196 e. The Bertz CT molecular complexity index is 712. The zero-order valence-electron chi connectivity index (χ0n) is 12.6. The first-order chi connectivity index (χ1) is 11.1. The first kappa shape index (κ1) is 16.3. The largest absolute Gasteiger partial charge is 0.380 e. The molecular formula is C18H18Cl2N2O. The van der Waals surface area contributed by atoms with E-state index < -0.39 is 0 Å². The second kappa shape index (κ2) is 7.35. The van der Waals surface area contributed by atoms with Crippen molar-refractivity contribution in [3.63, 3.8) is 0 Å². The molecule has 0 amide bonds. The van der Waals surface area contributed by atoms with Gasteiger partial charge in [0, 0.05) is 34.4 Å². The van der Waals surface area contributed by atoms with Gasteiger partial charge < -0.3 is 10.6 Å². The molecule has 0 saturated carbocycles. The van der Waals surface area contributed by atoms with Crippen LogP contribution >= 0.6 is 23.2 Å². The quantitative estimate of drug-likeness (QED) is 0.805. The summed E-state index contributed by atoms with van der Waals surface area (Å²) >= 11 is 12.3. The molecule has 1 aliphatic rings. The third-order valence-electron chi connectivity index (χ3n) is 4.00. The molecule has 1 atom stereocenters. The van der Waals surface area contributed by atoms with Crippen LogP contribution in [0.15, 0.2) is 42.5 Å². The number of anilines is 1. The first-order valence-corrected chi connectivity index (χ1v) is 8.47. The number of halogens is 2. The van der Waals surface area contributed by atoms with Gasteiger partial charge in [0.2, 0.25) is 0 Å². The first-order valence-electron chi connectivity index (χ1n) is 7.71. The molecule has 2 aromatic rings. The fraction of sp³-hybridized carbons (Fsp3) is 0.278. The lowest BCUT2D eigenvalue weighted by molar-refractivity contribution is 0.103. The molecule has 0 spiro atoms. The van der Waals surface area contributed by atoms with E-state index in [1.54, 1.807) is 24.3 Å². The molecule has 1 unspecified atom stereocenters. The number of nitrogens with one attached hydrogen (secondary N) is 2. The van der Waals surface area contributed by atoms with Gasteiger partial charge in [-0.1, -0.05) is 35.3 Å². The number of benzene rings is 2. The number of carbonyl (C=O) groups excluding carboxylic acids is 1. The molecule has 1 fully saturated rings. The van der Waals surface area contributed by atoms with Crippen LogP contribution in [0, 0.1) is 0 Å². The van der Waals surface area contributed by atoms with E-state index in [0.29, 0.717) is 27.2 Å². The number of hydrogen-bond acceptors (Lipinski definition) is 3. The highest BCUT2D eigenvalue weighted by molar-refractivity contribution is 6.35. The monoisotopic (exact) mass is 348 g/mol. The normalized spacial score (nSPS) is 17.7. The summed E-state index contributed by atoms with van der Waals surface area (Å²) in [4.78, 5) is 12.9. The Hall–Kier alpha value is -1.55. The average Bonchev–Trinajstić information content (AvgIpc) is 2.57. The van der Waals surface area contributed by atoms with Gasteiger partial charge in [-0.05, 0) is 49.7 Å². The molecule has 0 aliphatic carbocycles. The van der Waals surface area contributed by atoms with Gasteiger partial charge in [-0.3, -0.25) is 4.79 Å². The van der Waals surface area contributed by atoms with Crippen molar-refractivity contribution < 1.29 is 4.79 Å². The van der Waals surface area contributed by atoms with Crippen molar-refractivity contribution in [3.8, 4) is 0 Å². The highest BCUT2D eigenvalue weighted by atomic mass is 35.5. The molecule has 1 saturated heterocycles. The van der Waals surface area contributed by atoms with Crippen LogP contribution in [0.2, 0.25) is 10.0 Å². The van der Waals surface area contributed by atoms with Crippen LogP contribution in [0.3, 0.4) is 0 Å². The Labute approximate surface area is 146 Å². The van der Waals surface area contributed by atoms with Crippen molar-refractivity contribution in [3.05, 3.63) is 63.6 Å². The van der Waals surface area contributed by atoms with Gasteiger partial charge in [0.15, 0.2) is 5.78 Å². The van der Waals surface area contributed by atoms with E-state index in [9.17, 15) is 4.79 Å². The maximum atomic E-state index is 12.9. The summed E-state index contributed by atoms with van der Waals surface area (Å²) in [6.07, 6.45) is 2.20. The molecule has 0 radical (unpaired) electrons. The second-order valence-corrected chi connectivity index (χ2v) is 6.53. The fourth-order valence-corrected chi connectivity index (χ4v) is 3.21. The van der Waals surface area contributed by atoms with E-state index in [1.807, 2.05) is 18.2 Å². The lowest BCUT2D eigenvalue weighted by Crippen LogP contribution is -2.38. The third-order valence-corrected chi connectivity index (χ3v) is 4.57. The molecule has 3 rings (SSSR count). The van der Waals surface area contributed by atoms with Crippen LogP contribution < -0.4 is 10.6 Å². The Kier molecular flexibility index (Phi) is 5.21. The van der Waals surface area contributed by atoms with Crippen molar-refractivity contribution in [2.24, 2.45) is 0 Å². The third kappa shape index (κ3) is 3.86. The van der Waals surface area contributed by atoms with Gasteiger partial charge >= 0.3 is 0 Å². The summed E-state index contributed by atoms with van der Waals surface area (Å²) in [7, 11) is 0. The SMILES string of the molecule is O=C(c1ccccc1Cl)c1cc(Cl)ccc1NC1CCCNC1. The minimum atomic E-state index is -0.121. The topological polar surface area (TPSA) is 41.1 Å². The summed E-state index contributed by atoms with van der Waals surface area (Å²) in [6, 6.07) is 12.7. The number of hydrogen-bond donors (Lipinski definition) is 2. The molecule has 2 N–H and O–H groups in total. The average molecular weight is 349 g/mol. The van der Waals surface area contributed by atoms with E-state index in [-0.39, 0.29) is 5.78 Å². The zero-order chi connectivity index (χ0) is 16.2. The number of piperidine rings is 1. The molecular weight excluding hydrogens is 331 g/mol. The lowest BCUT2D eigenvalue weighted by atomic mass is 10.00. The highest BCUT2D eigenvalue weighted by Gasteiger charge is 2.19. The van der Waals surface area contributed by atoms with E-state index in [0.717, 1.165) is 31.6 Å². The van der Waals surface area contributed by atoms with Gasteiger partial charge in [-0.2, -0.15) is 0 Å².